The Kier molecular flexibility index (Phi) is 6.39. The summed E-state index contributed by atoms with van der Waals surface area (Å²) in [5, 5.41) is 63.7. The normalized spacial score (nSPS) is 11.7. The molecule has 4 rings (SSSR count). The number of carbonyl (C=O) groups is 2. The van der Waals surface area contributed by atoms with E-state index in [2.05, 4.69) is 0 Å². The van der Waals surface area contributed by atoms with Gasteiger partial charge in [0.15, 0.2) is 23.0 Å². The molecule has 0 aliphatic carbocycles. The van der Waals surface area contributed by atoms with Gasteiger partial charge in [-0.1, -0.05) is 39.8 Å². The van der Waals surface area contributed by atoms with E-state index < -0.39 is 46.1 Å². The summed E-state index contributed by atoms with van der Waals surface area (Å²) in [5.41, 5.74) is 2.61. The number of hydrogen-bond acceptors (Lipinski definition) is 6. The third-order valence-corrected chi connectivity index (χ3v) is 7.15. The summed E-state index contributed by atoms with van der Waals surface area (Å²) in [6.07, 6.45) is 0. The third-order valence-electron chi connectivity index (χ3n) is 7.15. The lowest BCUT2D eigenvalue weighted by molar-refractivity contribution is 0.0684. The van der Waals surface area contributed by atoms with Crippen molar-refractivity contribution < 1.29 is 40.2 Å². The Labute approximate surface area is 219 Å². The van der Waals surface area contributed by atoms with Crippen LogP contribution in [-0.2, 0) is 0 Å². The highest BCUT2D eigenvalue weighted by Gasteiger charge is 2.28. The molecule has 4 aromatic carbocycles. The molecule has 38 heavy (non-hydrogen) atoms. The zero-order valence-corrected chi connectivity index (χ0v) is 22.0. The van der Waals surface area contributed by atoms with Crippen molar-refractivity contribution >= 4 is 33.5 Å². The van der Waals surface area contributed by atoms with Gasteiger partial charge >= 0.3 is 11.9 Å². The predicted molar refractivity (Wildman–Crippen MR) is 145 cm³/mol. The van der Waals surface area contributed by atoms with Crippen LogP contribution in [0.4, 0.5) is 0 Å². The van der Waals surface area contributed by atoms with Crippen molar-refractivity contribution in [3.05, 3.63) is 57.6 Å². The number of aromatic hydroxyl groups is 4. The van der Waals surface area contributed by atoms with Gasteiger partial charge in [0.25, 0.3) is 0 Å². The van der Waals surface area contributed by atoms with Gasteiger partial charge in [-0.2, -0.15) is 0 Å². The van der Waals surface area contributed by atoms with Gasteiger partial charge in [0, 0.05) is 21.9 Å². The first-order valence-corrected chi connectivity index (χ1v) is 12.2. The summed E-state index contributed by atoms with van der Waals surface area (Å²) in [7, 11) is 0. The minimum absolute atomic E-state index is 0.220. The maximum Gasteiger partial charge on any atom is 0.340 e. The molecular weight excluding hydrogens is 488 g/mol. The molecule has 0 saturated heterocycles. The minimum Gasteiger partial charge on any atom is -0.504 e. The van der Waals surface area contributed by atoms with Crippen LogP contribution in [0.3, 0.4) is 0 Å². The topological polar surface area (TPSA) is 156 Å². The fraction of sp³-hybridized carbons (Fsp3) is 0.267. The number of carboxylic acids is 2. The third kappa shape index (κ3) is 3.84. The molecule has 198 valence electrons. The average molecular weight is 519 g/mol. The smallest absolute Gasteiger partial charge is 0.340 e. The fourth-order valence-electron chi connectivity index (χ4n) is 5.46. The predicted octanol–water partition coefficient (Wildman–Crippen LogP) is 6.74. The van der Waals surface area contributed by atoms with Crippen molar-refractivity contribution in [3.63, 3.8) is 0 Å². The molecule has 0 heterocycles. The first kappa shape index (κ1) is 26.6. The lowest BCUT2D eigenvalue weighted by Crippen LogP contribution is -2.04. The molecule has 4 aromatic rings. The number of hydrogen-bond donors (Lipinski definition) is 6. The van der Waals surface area contributed by atoms with Crippen molar-refractivity contribution in [1.82, 2.24) is 0 Å². The number of aromatic carboxylic acids is 2. The SMILES string of the molecule is Cc1cc2c(C(C)C)c(O)c(O)c(C(=O)O)c2cc1-c1cc2c(C(=O)O)c(O)c(O)c(C(C)C)c2cc1C. The van der Waals surface area contributed by atoms with Crippen LogP contribution in [0, 0.1) is 13.8 Å². The van der Waals surface area contributed by atoms with Gasteiger partial charge < -0.3 is 30.6 Å². The van der Waals surface area contributed by atoms with Gasteiger partial charge in [-0.15, -0.1) is 0 Å². The molecule has 0 bridgehead atoms. The van der Waals surface area contributed by atoms with Crippen molar-refractivity contribution in [1.29, 1.82) is 0 Å². The number of phenols is 4. The highest BCUT2D eigenvalue weighted by molar-refractivity contribution is 6.12. The lowest BCUT2D eigenvalue weighted by Gasteiger charge is -2.21. The van der Waals surface area contributed by atoms with Gasteiger partial charge in [0.1, 0.15) is 11.1 Å². The molecule has 0 atom stereocenters. The van der Waals surface area contributed by atoms with Crippen LogP contribution in [-0.4, -0.2) is 42.6 Å². The van der Waals surface area contributed by atoms with E-state index in [1.807, 2.05) is 41.5 Å². The van der Waals surface area contributed by atoms with E-state index in [9.17, 15) is 40.2 Å². The monoisotopic (exact) mass is 518 g/mol. The quantitative estimate of drug-likeness (QED) is 0.159. The van der Waals surface area contributed by atoms with Crippen LogP contribution in [0.2, 0.25) is 0 Å². The number of rotatable bonds is 5. The summed E-state index contributed by atoms with van der Waals surface area (Å²) in [6, 6.07) is 6.75. The van der Waals surface area contributed by atoms with E-state index in [0.717, 1.165) is 11.1 Å². The molecule has 0 spiro atoms. The number of fused-ring (bicyclic) bond motifs is 2. The van der Waals surface area contributed by atoms with E-state index in [1.54, 1.807) is 24.3 Å². The second-order valence-corrected chi connectivity index (χ2v) is 10.3. The molecule has 8 nitrogen and oxygen atoms in total. The molecule has 0 amide bonds. The van der Waals surface area contributed by atoms with E-state index in [-0.39, 0.29) is 22.6 Å². The van der Waals surface area contributed by atoms with Gasteiger partial charge in [0.05, 0.1) is 0 Å². The van der Waals surface area contributed by atoms with Gasteiger partial charge in [0.2, 0.25) is 0 Å². The minimum atomic E-state index is -1.40. The van der Waals surface area contributed by atoms with Crippen LogP contribution in [0.15, 0.2) is 24.3 Å². The van der Waals surface area contributed by atoms with Crippen molar-refractivity contribution in [2.45, 2.75) is 53.4 Å². The first-order valence-electron chi connectivity index (χ1n) is 12.2. The molecule has 0 saturated carbocycles. The Hall–Kier alpha value is -4.46. The Bertz CT molecular complexity index is 1550. The Morgan fingerprint density at radius 2 is 0.868 bits per heavy atom. The number of aryl methyl sites for hydroxylation is 2. The Morgan fingerprint density at radius 3 is 1.13 bits per heavy atom. The molecule has 0 aromatic heterocycles. The fourth-order valence-corrected chi connectivity index (χ4v) is 5.46. The molecule has 0 aliphatic heterocycles. The van der Waals surface area contributed by atoms with E-state index in [4.69, 9.17) is 0 Å². The Morgan fingerprint density at radius 1 is 0.553 bits per heavy atom. The van der Waals surface area contributed by atoms with Crippen molar-refractivity contribution in [2.75, 3.05) is 0 Å². The second kappa shape index (κ2) is 9.13. The highest BCUT2D eigenvalue weighted by Crippen LogP contribution is 2.48. The maximum absolute atomic E-state index is 12.1. The highest BCUT2D eigenvalue weighted by atomic mass is 16.4. The van der Waals surface area contributed by atoms with E-state index >= 15 is 0 Å². The number of benzene rings is 4. The van der Waals surface area contributed by atoms with Gasteiger partial charge in [-0.3, -0.25) is 0 Å². The van der Waals surface area contributed by atoms with Crippen molar-refractivity contribution in [3.8, 4) is 34.1 Å². The largest absolute Gasteiger partial charge is 0.504 e. The summed E-state index contributed by atoms with van der Waals surface area (Å²) in [6.45, 7) is 10.9. The molecule has 0 unspecified atom stereocenters. The summed E-state index contributed by atoms with van der Waals surface area (Å²) >= 11 is 0. The van der Waals surface area contributed by atoms with Crippen LogP contribution < -0.4 is 0 Å². The summed E-state index contributed by atoms with van der Waals surface area (Å²) in [4.78, 5) is 24.3. The van der Waals surface area contributed by atoms with Crippen LogP contribution >= 0.6 is 0 Å². The zero-order chi connectivity index (χ0) is 28.4. The molecule has 0 fully saturated rings. The first-order chi connectivity index (χ1) is 17.7. The number of carboxylic acid groups (broad SMARTS) is 2. The average Bonchev–Trinajstić information content (AvgIpc) is 2.80. The van der Waals surface area contributed by atoms with Crippen molar-refractivity contribution in [2.24, 2.45) is 0 Å². The summed E-state index contributed by atoms with van der Waals surface area (Å²) < 4.78 is 0. The zero-order valence-electron chi connectivity index (χ0n) is 22.0. The standard InChI is InChI=1S/C30H30O8/c1-11(2)21-17-7-13(5)15(9-19(17)23(29(35)36)27(33)25(21)31)16-10-20-18(8-14(16)6)22(12(3)4)26(32)28(34)24(20)30(37)38/h7-12,31-34H,1-6H3,(H,35,36)(H,37,38). The van der Waals surface area contributed by atoms with E-state index in [0.29, 0.717) is 33.0 Å². The number of phenolic OH excluding ortho intramolecular Hbond substituents is 2. The maximum atomic E-state index is 12.1. The van der Waals surface area contributed by atoms with Crippen LogP contribution in [0.5, 0.6) is 23.0 Å². The molecular formula is C30H30O8. The lowest BCUT2D eigenvalue weighted by atomic mass is 9.84. The molecule has 0 aliphatic rings. The molecule has 0 radical (unpaired) electrons. The van der Waals surface area contributed by atoms with Gasteiger partial charge in [-0.05, 0) is 70.8 Å². The van der Waals surface area contributed by atoms with Crippen LogP contribution in [0.25, 0.3) is 32.7 Å². The van der Waals surface area contributed by atoms with E-state index in [1.165, 1.54) is 0 Å². The molecule has 6 N–H and O–H groups in total. The molecule has 8 heteroatoms. The second-order valence-electron chi connectivity index (χ2n) is 10.3. The summed E-state index contributed by atoms with van der Waals surface area (Å²) in [5.74, 6) is -5.62. The van der Waals surface area contributed by atoms with Gasteiger partial charge in [-0.25, -0.2) is 9.59 Å². The van der Waals surface area contributed by atoms with Crippen LogP contribution in [0.1, 0.15) is 82.5 Å². The Balaban J connectivity index is 2.19.